The first kappa shape index (κ1) is 15.7. The van der Waals surface area contributed by atoms with Crippen molar-refractivity contribution in [3.05, 3.63) is 29.7 Å². The molecule has 2 aromatic heterocycles. The van der Waals surface area contributed by atoms with Gasteiger partial charge in [0.2, 0.25) is 0 Å². The van der Waals surface area contributed by atoms with Crippen molar-refractivity contribution in [1.29, 1.82) is 0 Å². The van der Waals surface area contributed by atoms with Gasteiger partial charge in [0.15, 0.2) is 0 Å². The Morgan fingerprint density at radius 2 is 2.38 bits per heavy atom. The average Bonchev–Trinajstić information content (AvgIpc) is 3.13. The Kier molecular flexibility index (Phi) is 4.80. The van der Waals surface area contributed by atoms with Crippen LogP contribution < -0.4 is 5.32 Å². The van der Waals surface area contributed by atoms with E-state index >= 15 is 0 Å². The zero-order valence-electron chi connectivity index (χ0n) is 12.4. The number of amides is 1. The molecule has 0 saturated carbocycles. The summed E-state index contributed by atoms with van der Waals surface area (Å²) in [6, 6.07) is 1.80. The average molecular weight is 308 g/mol. The summed E-state index contributed by atoms with van der Waals surface area (Å²) in [4.78, 5) is 16.4. The van der Waals surface area contributed by atoms with Gasteiger partial charge in [0, 0.05) is 17.5 Å². The van der Waals surface area contributed by atoms with E-state index in [9.17, 15) is 9.90 Å². The number of carbonyl (C=O) groups is 1. The summed E-state index contributed by atoms with van der Waals surface area (Å²) in [7, 11) is 0. The number of nitrogens with zero attached hydrogens (tertiary/aromatic N) is 1. The maximum Gasteiger partial charge on any atom is 0.270 e. The van der Waals surface area contributed by atoms with E-state index in [0.29, 0.717) is 5.69 Å². The molecule has 0 bridgehead atoms. The van der Waals surface area contributed by atoms with Crippen LogP contribution in [-0.4, -0.2) is 28.1 Å². The first-order chi connectivity index (χ1) is 9.94. The number of aliphatic hydroxyl groups is 1. The van der Waals surface area contributed by atoms with Crippen LogP contribution in [-0.2, 0) is 0 Å². The minimum absolute atomic E-state index is 0.106. The Hall–Kier alpha value is -1.66. The van der Waals surface area contributed by atoms with Crippen LogP contribution in [0.15, 0.2) is 28.4 Å². The molecule has 2 aromatic rings. The summed E-state index contributed by atoms with van der Waals surface area (Å²) < 4.78 is 5.00. The Morgan fingerprint density at radius 3 is 3.00 bits per heavy atom. The van der Waals surface area contributed by atoms with E-state index < -0.39 is 5.60 Å². The largest absolute Gasteiger partial charge is 0.472 e. The SMILES string of the molecule is CCC(C)C(C)(O)CNC(=O)c1csc(-c2ccoc2)n1. The number of carbonyl (C=O) groups excluding carboxylic acids is 1. The number of hydrogen-bond donors (Lipinski definition) is 2. The molecular formula is C15H20N2O3S. The maximum atomic E-state index is 12.1. The normalized spacial score (nSPS) is 15.4. The topological polar surface area (TPSA) is 75.4 Å². The number of aromatic nitrogens is 1. The third-order valence-electron chi connectivity index (χ3n) is 3.79. The maximum absolute atomic E-state index is 12.1. The molecule has 2 atom stereocenters. The van der Waals surface area contributed by atoms with Gasteiger partial charge in [-0.3, -0.25) is 4.79 Å². The second kappa shape index (κ2) is 6.41. The van der Waals surface area contributed by atoms with Gasteiger partial charge in [-0.15, -0.1) is 11.3 Å². The molecule has 2 unspecified atom stereocenters. The zero-order chi connectivity index (χ0) is 15.5. The Labute approximate surface area is 128 Å². The van der Waals surface area contributed by atoms with E-state index in [1.807, 2.05) is 13.8 Å². The molecule has 0 fully saturated rings. The number of furan rings is 1. The number of rotatable bonds is 6. The molecule has 0 spiro atoms. The highest BCUT2D eigenvalue weighted by molar-refractivity contribution is 7.13. The molecule has 114 valence electrons. The fraction of sp³-hybridized carbons (Fsp3) is 0.467. The predicted octanol–water partition coefficient (Wildman–Crippen LogP) is 2.93. The van der Waals surface area contributed by atoms with Crippen molar-refractivity contribution in [3.63, 3.8) is 0 Å². The fourth-order valence-corrected chi connectivity index (χ4v) is 2.65. The van der Waals surface area contributed by atoms with Crippen LogP contribution in [0.2, 0.25) is 0 Å². The minimum Gasteiger partial charge on any atom is -0.472 e. The number of thiazole rings is 1. The van der Waals surface area contributed by atoms with Crippen molar-refractivity contribution in [2.24, 2.45) is 5.92 Å². The highest BCUT2D eigenvalue weighted by Crippen LogP contribution is 2.24. The number of hydrogen-bond acceptors (Lipinski definition) is 5. The quantitative estimate of drug-likeness (QED) is 0.860. The van der Waals surface area contributed by atoms with Crippen molar-refractivity contribution < 1.29 is 14.3 Å². The van der Waals surface area contributed by atoms with E-state index in [-0.39, 0.29) is 18.4 Å². The van der Waals surface area contributed by atoms with Crippen molar-refractivity contribution in [2.45, 2.75) is 32.8 Å². The van der Waals surface area contributed by atoms with Crippen LogP contribution >= 0.6 is 11.3 Å². The molecule has 1 amide bonds. The molecule has 5 nitrogen and oxygen atoms in total. The smallest absolute Gasteiger partial charge is 0.270 e. The molecule has 6 heteroatoms. The molecule has 0 saturated heterocycles. The lowest BCUT2D eigenvalue weighted by Crippen LogP contribution is -2.45. The van der Waals surface area contributed by atoms with E-state index in [0.717, 1.165) is 17.0 Å². The molecule has 2 rings (SSSR count). The Bertz CT molecular complexity index is 590. The van der Waals surface area contributed by atoms with Gasteiger partial charge in [-0.05, 0) is 18.9 Å². The zero-order valence-corrected chi connectivity index (χ0v) is 13.2. The summed E-state index contributed by atoms with van der Waals surface area (Å²) in [5.41, 5.74) is 0.287. The lowest BCUT2D eigenvalue weighted by molar-refractivity contribution is 0.00589. The fourth-order valence-electron chi connectivity index (χ4n) is 1.86. The third-order valence-corrected chi connectivity index (χ3v) is 4.68. The van der Waals surface area contributed by atoms with Gasteiger partial charge >= 0.3 is 0 Å². The van der Waals surface area contributed by atoms with Gasteiger partial charge in [-0.2, -0.15) is 0 Å². The molecule has 0 radical (unpaired) electrons. The monoisotopic (exact) mass is 308 g/mol. The van der Waals surface area contributed by atoms with Gasteiger partial charge in [-0.1, -0.05) is 20.3 Å². The van der Waals surface area contributed by atoms with E-state index in [4.69, 9.17) is 4.42 Å². The van der Waals surface area contributed by atoms with Crippen LogP contribution in [0.3, 0.4) is 0 Å². The van der Waals surface area contributed by atoms with Crippen molar-refractivity contribution in [1.82, 2.24) is 10.3 Å². The van der Waals surface area contributed by atoms with Gasteiger partial charge in [0.05, 0.1) is 11.9 Å². The van der Waals surface area contributed by atoms with Gasteiger partial charge in [-0.25, -0.2) is 4.98 Å². The van der Waals surface area contributed by atoms with Gasteiger partial charge in [0.1, 0.15) is 17.0 Å². The standard InChI is InChI=1S/C15H20N2O3S/c1-4-10(2)15(3,19)9-16-13(18)12-8-21-14(17-12)11-5-6-20-7-11/h5-8,10,19H,4,9H2,1-3H3,(H,16,18). The van der Waals surface area contributed by atoms with Crippen molar-refractivity contribution in [3.8, 4) is 10.6 Å². The molecule has 0 aliphatic heterocycles. The van der Waals surface area contributed by atoms with Crippen LogP contribution in [0, 0.1) is 5.92 Å². The molecule has 21 heavy (non-hydrogen) atoms. The highest BCUT2D eigenvalue weighted by atomic mass is 32.1. The summed E-state index contributed by atoms with van der Waals surface area (Å²) in [6.07, 6.45) is 4.01. The Morgan fingerprint density at radius 1 is 1.62 bits per heavy atom. The molecule has 2 heterocycles. The van der Waals surface area contributed by atoms with Crippen LogP contribution in [0.25, 0.3) is 10.6 Å². The molecule has 2 N–H and O–H groups in total. The lowest BCUT2D eigenvalue weighted by atomic mass is 9.88. The Balaban J connectivity index is 1.98. The lowest BCUT2D eigenvalue weighted by Gasteiger charge is -2.29. The first-order valence-electron chi connectivity index (χ1n) is 6.92. The van der Waals surface area contributed by atoms with E-state index in [2.05, 4.69) is 10.3 Å². The second-order valence-corrected chi connectivity index (χ2v) is 6.26. The number of nitrogens with one attached hydrogen (secondary N) is 1. The summed E-state index contributed by atoms with van der Waals surface area (Å²) in [5.74, 6) is -0.167. The van der Waals surface area contributed by atoms with Crippen LogP contribution in [0.5, 0.6) is 0 Å². The van der Waals surface area contributed by atoms with Crippen LogP contribution in [0.1, 0.15) is 37.7 Å². The highest BCUT2D eigenvalue weighted by Gasteiger charge is 2.27. The third kappa shape index (κ3) is 3.71. The van der Waals surface area contributed by atoms with E-state index in [1.54, 1.807) is 30.9 Å². The van der Waals surface area contributed by atoms with Gasteiger partial charge < -0.3 is 14.8 Å². The first-order valence-corrected chi connectivity index (χ1v) is 7.80. The van der Waals surface area contributed by atoms with Crippen molar-refractivity contribution in [2.75, 3.05) is 6.54 Å². The molecule has 0 aliphatic carbocycles. The molecular weight excluding hydrogens is 288 g/mol. The summed E-state index contributed by atoms with van der Waals surface area (Å²) >= 11 is 1.39. The molecule has 0 aliphatic rings. The van der Waals surface area contributed by atoms with Crippen molar-refractivity contribution >= 4 is 17.2 Å². The predicted molar refractivity (Wildman–Crippen MR) is 82.2 cm³/mol. The summed E-state index contributed by atoms with van der Waals surface area (Å²) in [5, 5.41) is 15.5. The van der Waals surface area contributed by atoms with Crippen LogP contribution in [0.4, 0.5) is 0 Å². The summed E-state index contributed by atoms with van der Waals surface area (Å²) in [6.45, 7) is 5.92. The molecule has 0 aromatic carbocycles. The van der Waals surface area contributed by atoms with E-state index in [1.165, 1.54) is 11.3 Å². The van der Waals surface area contributed by atoms with Gasteiger partial charge in [0.25, 0.3) is 5.91 Å². The second-order valence-electron chi connectivity index (χ2n) is 5.40. The minimum atomic E-state index is -0.923.